The lowest BCUT2D eigenvalue weighted by Crippen LogP contribution is -2.42. The lowest BCUT2D eigenvalue weighted by molar-refractivity contribution is -0.148. The van der Waals surface area contributed by atoms with Crippen LogP contribution in [-0.4, -0.2) is 48.7 Å². The van der Waals surface area contributed by atoms with Crippen LogP contribution < -0.4 is 5.32 Å². The quantitative estimate of drug-likeness (QED) is 0.676. The van der Waals surface area contributed by atoms with Crippen LogP contribution in [0.1, 0.15) is 41.0 Å². The maximum atomic E-state index is 12.3. The third-order valence-electron chi connectivity index (χ3n) is 3.43. The Balaban J connectivity index is 2.85. The van der Waals surface area contributed by atoms with Crippen LogP contribution in [0.2, 0.25) is 0 Å². The van der Waals surface area contributed by atoms with Gasteiger partial charge < -0.3 is 19.9 Å². The van der Waals surface area contributed by atoms with E-state index in [9.17, 15) is 24.3 Å². The van der Waals surface area contributed by atoms with Crippen molar-refractivity contribution < 1.29 is 33.8 Å². The number of nitrogens with one attached hydrogen (secondary N) is 1. The van der Waals surface area contributed by atoms with Gasteiger partial charge >= 0.3 is 17.9 Å². The van der Waals surface area contributed by atoms with E-state index >= 15 is 0 Å². The molecule has 0 bridgehead atoms. The molecule has 0 aliphatic carbocycles. The summed E-state index contributed by atoms with van der Waals surface area (Å²) in [6.07, 6.45) is -0.114. The standard InChI is InChI=1S/C17H21NO7/c1-4-25-16(22)10(2)8-13(15(20)21)18-14(19)11-6-5-7-12(9-11)17(23)24-3/h5-7,9-10,13H,4,8H2,1-3H3,(H,18,19)(H,20,21)/t10-,13-/m0/s1. The Labute approximate surface area is 145 Å². The maximum Gasteiger partial charge on any atom is 0.337 e. The summed E-state index contributed by atoms with van der Waals surface area (Å²) in [5, 5.41) is 11.6. The first-order valence-electron chi connectivity index (χ1n) is 7.68. The fraction of sp³-hybridized carbons (Fsp3) is 0.412. The highest BCUT2D eigenvalue weighted by Gasteiger charge is 2.27. The van der Waals surface area contributed by atoms with E-state index in [0.29, 0.717) is 0 Å². The maximum absolute atomic E-state index is 12.3. The van der Waals surface area contributed by atoms with Crippen LogP contribution in [0.5, 0.6) is 0 Å². The number of ether oxygens (including phenoxy) is 2. The van der Waals surface area contributed by atoms with Crippen LogP contribution in [0.4, 0.5) is 0 Å². The molecule has 1 aromatic rings. The number of hydrogen-bond donors (Lipinski definition) is 2. The predicted octanol–water partition coefficient (Wildman–Crippen LogP) is 1.25. The Morgan fingerprint density at radius 2 is 1.84 bits per heavy atom. The molecule has 8 heteroatoms. The Kier molecular flexibility index (Phi) is 7.58. The van der Waals surface area contributed by atoms with Gasteiger partial charge in [-0.15, -0.1) is 0 Å². The van der Waals surface area contributed by atoms with Gasteiger partial charge in [-0.2, -0.15) is 0 Å². The van der Waals surface area contributed by atoms with E-state index in [1.807, 2.05) is 0 Å². The molecule has 1 rings (SSSR count). The minimum atomic E-state index is -1.27. The third kappa shape index (κ3) is 5.91. The van der Waals surface area contributed by atoms with Gasteiger partial charge in [0, 0.05) is 5.56 Å². The molecular formula is C17H21NO7. The lowest BCUT2D eigenvalue weighted by atomic mass is 10.0. The van der Waals surface area contributed by atoms with Crippen molar-refractivity contribution in [2.75, 3.05) is 13.7 Å². The molecule has 0 spiro atoms. The molecule has 0 fully saturated rings. The largest absolute Gasteiger partial charge is 0.480 e. The second kappa shape index (κ2) is 9.41. The minimum absolute atomic E-state index is 0.109. The highest BCUT2D eigenvalue weighted by molar-refractivity contribution is 5.99. The summed E-state index contributed by atoms with van der Waals surface area (Å²) in [6.45, 7) is 3.36. The number of carboxylic acid groups (broad SMARTS) is 1. The van der Waals surface area contributed by atoms with Gasteiger partial charge in [0.1, 0.15) is 6.04 Å². The fourth-order valence-corrected chi connectivity index (χ4v) is 2.10. The number of methoxy groups -OCH3 is 1. The average molecular weight is 351 g/mol. The molecule has 8 nitrogen and oxygen atoms in total. The van der Waals surface area contributed by atoms with Crippen molar-refractivity contribution in [2.45, 2.75) is 26.3 Å². The predicted molar refractivity (Wildman–Crippen MR) is 87.1 cm³/mol. The molecule has 0 aliphatic rings. The van der Waals surface area contributed by atoms with E-state index in [1.165, 1.54) is 38.3 Å². The van der Waals surface area contributed by atoms with Crippen LogP contribution >= 0.6 is 0 Å². The topological polar surface area (TPSA) is 119 Å². The van der Waals surface area contributed by atoms with Crippen molar-refractivity contribution in [1.29, 1.82) is 0 Å². The number of carbonyl (C=O) groups is 4. The van der Waals surface area contributed by atoms with Crippen molar-refractivity contribution in [3.8, 4) is 0 Å². The number of carboxylic acids is 1. The van der Waals surface area contributed by atoms with E-state index in [0.717, 1.165) is 0 Å². The van der Waals surface area contributed by atoms with E-state index in [1.54, 1.807) is 6.92 Å². The zero-order valence-corrected chi connectivity index (χ0v) is 14.3. The number of esters is 2. The zero-order chi connectivity index (χ0) is 19.0. The molecule has 0 saturated carbocycles. The summed E-state index contributed by atoms with van der Waals surface area (Å²) < 4.78 is 9.41. The van der Waals surface area contributed by atoms with E-state index < -0.39 is 35.8 Å². The smallest absolute Gasteiger partial charge is 0.337 e. The number of benzene rings is 1. The molecule has 0 unspecified atom stereocenters. The van der Waals surface area contributed by atoms with Crippen molar-refractivity contribution >= 4 is 23.8 Å². The van der Waals surface area contributed by atoms with Gasteiger partial charge in [0.05, 0.1) is 25.2 Å². The molecule has 25 heavy (non-hydrogen) atoms. The summed E-state index contributed by atoms with van der Waals surface area (Å²) in [6, 6.07) is 4.43. The highest BCUT2D eigenvalue weighted by Crippen LogP contribution is 2.11. The van der Waals surface area contributed by atoms with Crippen molar-refractivity contribution in [2.24, 2.45) is 5.92 Å². The molecule has 0 radical (unpaired) electrons. The van der Waals surface area contributed by atoms with Crippen LogP contribution in [0.3, 0.4) is 0 Å². The summed E-state index contributed by atoms with van der Waals surface area (Å²) in [5.74, 6) is -3.78. The van der Waals surface area contributed by atoms with Gasteiger partial charge in [-0.25, -0.2) is 9.59 Å². The second-order valence-corrected chi connectivity index (χ2v) is 5.33. The normalized spacial score (nSPS) is 12.6. The van der Waals surface area contributed by atoms with Crippen molar-refractivity contribution in [3.63, 3.8) is 0 Å². The third-order valence-corrected chi connectivity index (χ3v) is 3.43. The first kappa shape index (κ1) is 20.1. The number of aliphatic carboxylic acids is 1. The van der Waals surface area contributed by atoms with E-state index in [4.69, 9.17) is 4.74 Å². The summed E-state index contributed by atoms with van der Waals surface area (Å²) in [7, 11) is 1.21. The minimum Gasteiger partial charge on any atom is -0.480 e. The molecule has 0 saturated heterocycles. The Hall–Kier alpha value is -2.90. The molecule has 1 aromatic carbocycles. The van der Waals surface area contributed by atoms with Crippen molar-refractivity contribution in [3.05, 3.63) is 35.4 Å². The summed E-state index contributed by atoms with van der Waals surface area (Å²) >= 11 is 0. The fourth-order valence-electron chi connectivity index (χ4n) is 2.10. The van der Waals surface area contributed by atoms with Crippen LogP contribution in [0.25, 0.3) is 0 Å². The lowest BCUT2D eigenvalue weighted by Gasteiger charge is -2.18. The molecule has 136 valence electrons. The molecule has 0 aliphatic heterocycles. The zero-order valence-electron chi connectivity index (χ0n) is 14.3. The monoisotopic (exact) mass is 351 g/mol. The van der Waals surface area contributed by atoms with Gasteiger partial charge in [-0.1, -0.05) is 13.0 Å². The first-order chi connectivity index (χ1) is 11.8. The highest BCUT2D eigenvalue weighted by atomic mass is 16.5. The molecule has 0 aromatic heterocycles. The van der Waals surface area contributed by atoms with Crippen LogP contribution in [0, 0.1) is 5.92 Å². The van der Waals surface area contributed by atoms with E-state index in [-0.39, 0.29) is 24.2 Å². The average Bonchev–Trinajstić information content (AvgIpc) is 2.60. The number of rotatable bonds is 8. The number of hydrogen-bond acceptors (Lipinski definition) is 6. The molecule has 1 amide bonds. The van der Waals surface area contributed by atoms with Gasteiger partial charge in [0.25, 0.3) is 5.91 Å². The number of amides is 1. The molecule has 2 atom stereocenters. The summed E-state index contributed by atoms with van der Waals surface area (Å²) in [5.41, 5.74) is 0.278. The van der Waals surface area contributed by atoms with Gasteiger partial charge in [0.15, 0.2) is 0 Å². The van der Waals surface area contributed by atoms with Gasteiger partial charge in [-0.05, 0) is 31.5 Å². The SMILES string of the molecule is CCOC(=O)[C@@H](C)C[C@H](NC(=O)c1cccc(C(=O)OC)c1)C(=O)O. The van der Waals surface area contributed by atoms with Crippen LogP contribution in [0.15, 0.2) is 24.3 Å². The second-order valence-electron chi connectivity index (χ2n) is 5.33. The summed E-state index contributed by atoms with van der Waals surface area (Å²) in [4.78, 5) is 46.8. The Morgan fingerprint density at radius 1 is 1.20 bits per heavy atom. The Bertz CT molecular complexity index is 656. The van der Waals surface area contributed by atoms with Crippen LogP contribution in [-0.2, 0) is 19.1 Å². The van der Waals surface area contributed by atoms with Gasteiger partial charge in [-0.3, -0.25) is 9.59 Å². The van der Waals surface area contributed by atoms with E-state index in [2.05, 4.69) is 10.1 Å². The first-order valence-corrected chi connectivity index (χ1v) is 7.68. The molecular weight excluding hydrogens is 330 g/mol. The van der Waals surface area contributed by atoms with Gasteiger partial charge in [0.2, 0.25) is 0 Å². The molecule has 0 heterocycles. The Morgan fingerprint density at radius 3 is 2.40 bits per heavy atom. The molecule has 2 N–H and O–H groups in total. The van der Waals surface area contributed by atoms with Crippen molar-refractivity contribution in [1.82, 2.24) is 5.32 Å². The number of carbonyl (C=O) groups excluding carboxylic acids is 3.